The SMILES string of the molecule is CC(NC(=O)[C@H](C)NS(=O)(=O)c1ccccc1C(F)(F)F)c1ccc2c(c1)OCO2. The van der Waals surface area contributed by atoms with Gasteiger partial charge in [0.2, 0.25) is 22.7 Å². The lowest BCUT2D eigenvalue weighted by molar-refractivity contribution is -0.139. The van der Waals surface area contributed by atoms with Crippen LogP contribution in [0.2, 0.25) is 0 Å². The fourth-order valence-electron chi connectivity index (χ4n) is 2.89. The maximum absolute atomic E-state index is 13.1. The number of ether oxygens (including phenoxy) is 2. The van der Waals surface area contributed by atoms with Gasteiger partial charge < -0.3 is 14.8 Å². The molecule has 1 amide bonds. The fraction of sp³-hybridized carbons (Fsp3) is 0.316. The predicted molar refractivity (Wildman–Crippen MR) is 100 cm³/mol. The van der Waals surface area contributed by atoms with E-state index in [4.69, 9.17) is 9.47 Å². The highest BCUT2D eigenvalue weighted by Gasteiger charge is 2.37. The third kappa shape index (κ3) is 4.68. The highest BCUT2D eigenvalue weighted by Crippen LogP contribution is 2.35. The second-order valence-corrected chi connectivity index (χ2v) is 8.36. The van der Waals surface area contributed by atoms with Crippen molar-refractivity contribution >= 4 is 15.9 Å². The monoisotopic (exact) mass is 444 g/mol. The number of rotatable bonds is 6. The first-order valence-corrected chi connectivity index (χ1v) is 10.4. The van der Waals surface area contributed by atoms with Gasteiger partial charge in [-0.1, -0.05) is 18.2 Å². The first kappa shape index (κ1) is 21.9. The van der Waals surface area contributed by atoms with Crippen LogP contribution in [0.3, 0.4) is 0 Å². The van der Waals surface area contributed by atoms with Crippen LogP contribution in [-0.4, -0.2) is 27.2 Å². The molecule has 162 valence electrons. The molecule has 0 fully saturated rings. The minimum absolute atomic E-state index is 0.0950. The molecule has 1 aliphatic rings. The van der Waals surface area contributed by atoms with Crippen LogP contribution < -0.4 is 19.5 Å². The van der Waals surface area contributed by atoms with E-state index in [1.54, 1.807) is 25.1 Å². The lowest BCUT2D eigenvalue weighted by atomic mass is 10.1. The van der Waals surface area contributed by atoms with Gasteiger partial charge in [-0.3, -0.25) is 4.79 Å². The van der Waals surface area contributed by atoms with E-state index < -0.39 is 44.6 Å². The number of alkyl halides is 3. The molecule has 1 unspecified atom stereocenters. The van der Waals surface area contributed by atoms with Crippen molar-refractivity contribution in [1.82, 2.24) is 10.0 Å². The molecule has 0 radical (unpaired) electrons. The van der Waals surface area contributed by atoms with Crippen LogP contribution in [0.15, 0.2) is 47.4 Å². The van der Waals surface area contributed by atoms with E-state index in [-0.39, 0.29) is 6.79 Å². The summed E-state index contributed by atoms with van der Waals surface area (Å²) in [6.45, 7) is 3.02. The second-order valence-electron chi connectivity index (χ2n) is 6.68. The molecule has 0 aromatic heterocycles. The van der Waals surface area contributed by atoms with Crippen molar-refractivity contribution in [2.75, 3.05) is 6.79 Å². The number of halogens is 3. The molecule has 0 saturated carbocycles. The summed E-state index contributed by atoms with van der Waals surface area (Å²) in [7, 11) is -4.59. The van der Waals surface area contributed by atoms with E-state index in [1.165, 1.54) is 13.0 Å². The largest absolute Gasteiger partial charge is 0.454 e. The molecule has 7 nitrogen and oxygen atoms in total. The Hall–Kier alpha value is -2.79. The molecule has 11 heteroatoms. The zero-order valence-corrected chi connectivity index (χ0v) is 16.8. The Balaban J connectivity index is 1.71. The molecule has 2 N–H and O–H groups in total. The lowest BCUT2D eigenvalue weighted by Gasteiger charge is -2.20. The number of carbonyl (C=O) groups is 1. The van der Waals surface area contributed by atoms with E-state index >= 15 is 0 Å². The Bertz CT molecular complexity index is 1060. The number of carbonyl (C=O) groups excluding carboxylic acids is 1. The van der Waals surface area contributed by atoms with Crippen molar-refractivity contribution in [1.29, 1.82) is 0 Å². The number of fused-ring (bicyclic) bond motifs is 1. The summed E-state index contributed by atoms with van der Waals surface area (Å²) in [6, 6.07) is 7.02. The first-order chi connectivity index (χ1) is 14.0. The van der Waals surface area contributed by atoms with Crippen LogP contribution in [0.1, 0.15) is 31.0 Å². The van der Waals surface area contributed by atoms with E-state index in [0.29, 0.717) is 23.1 Å². The van der Waals surface area contributed by atoms with Crippen LogP contribution in [0.4, 0.5) is 13.2 Å². The van der Waals surface area contributed by atoms with E-state index in [2.05, 4.69) is 5.32 Å². The summed E-state index contributed by atoms with van der Waals surface area (Å²) in [5.41, 5.74) is -0.621. The minimum Gasteiger partial charge on any atom is -0.454 e. The van der Waals surface area contributed by atoms with Gasteiger partial charge in [-0.25, -0.2) is 8.42 Å². The summed E-state index contributed by atoms with van der Waals surface area (Å²) < 4.78 is 76.9. The number of amides is 1. The van der Waals surface area contributed by atoms with E-state index in [0.717, 1.165) is 12.1 Å². The van der Waals surface area contributed by atoms with Crippen LogP contribution in [0, 0.1) is 0 Å². The normalized spacial score (nSPS) is 15.5. The fourth-order valence-corrected chi connectivity index (χ4v) is 4.32. The van der Waals surface area contributed by atoms with Gasteiger partial charge in [0.1, 0.15) is 0 Å². The third-order valence-electron chi connectivity index (χ3n) is 4.46. The van der Waals surface area contributed by atoms with Crippen LogP contribution in [-0.2, 0) is 21.0 Å². The molecular formula is C19H19F3N2O5S. The highest BCUT2D eigenvalue weighted by molar-refractivity contribution is 7.89. The van der Waals surface area contributed by atoms with Crippen molar-refractivity contribution in [2.24, 2.45) is 0 Å². The smallest absolute Gasteiger partial charge is 0.417 e. The Morgan fingerprint density at radius 3 is 2.43 bits per heavy atom. The number of sulfonamides is 1. The van der Waals surface area contributed by atoms with Crippen LogP contribution in [0.25, 0.3) is 0 Å². The van der Waals surface area contributed by atoms with Crippen molar-refractivity contribution in [2.45, 2.75) is 37.0 Å². The second kappa shape index (κ2) is 8.15. The maximum atomic E-state index is 13.1. The first-order valence-electron chi connectivity index (χ1n) is 8.87. The molecule has 1 aliphatic heterocycles. The van der Waals surface area contributed by atoms with Gasteiger partial charge in [0.15, 0.2) is 11.5 Å². The van der Waals surface area contributed by atoms with Gasteiger partial charge in [-0.2, -0.15) is 17.9 Å². The molecular weight excluding hydrogens is 425 g/mol. The molecule has 0 spiro atoms. The van der Waals surface area contributed by atoms with Crippen molar-refractivity contribution < 1.29 is 35.9 Å². The maximum Gasteiger partial charge on any atom is 0.417 e. The Labute approximate surface area is 171 Å². The van der Waals surface area contributed by atoms with Crippen LogP contribution >= 0.6 is 0 Å². The molecule has 2 aromatic rings. The molecule has 0 aliphatic carbocycles. The Kier molecular flexibility index (Phi) is 5.95. The average Bonchev–Trinajstić information content (AvgIpc) is 3.14. The minimum atomic E-state index is -4.86. The molecule has 2 aromatic carbocycles. The van der Waals surface area contributed by atoms with Gasteiger partial charge >= 0.3 is 6.18 Å². The standard InChI is InChI=1S/C19H19F3N2O5S/c1-11(13-7-8-15-16(9-13)29-10-28-15)23-18(25)12(2)24-30(26,27)17-6-4-3-5-14(17)19(20,21)22/h3-9,11-12,24H,10H2,1-2H3,(H,23,25)/t11?,12-/m0/s1. The molecule has 30 heavy (non-hydrogen) atoms. The topological polar surface area (TPSA) is 93.7 Å². The van der Waals surface area contributed by atoms with E-state index in [9.17, 15) is 26.4 Å². The summed E-state index contributed by atoms with van der Waals surface area (Å²) in [6.07, 6.45) is -4.86. The predicted octanol–water partition coefficient (Wildman–Crippen LogP) is 2.98. The van der Waals surface area contributed by atoms with Crippen molar-refractivity contribution in [3.63, 3.8) is 0 Å². The lowest BCUT2D eigenvalue weighted by Crippen LogP contribution is -2.45. The number of hydrogen-bond acceptors (Lipinski definition) is 5. The zero-order chi connectivity index (χ0) is 22.1. The third-order valence-corrected chi connectivity index (χ3v) is 6.06. The molecule has 2 atom stereocenters. The summed E-state index contributed by atoms with van der Waals surface area (Å²) >= 11 is 0. The molecule has 0 bridgehead atoms. The van der Waals surface area contributed by atoms with E-state index in [1.807, 2.05) is 4.72 Å². The Morgan fingerprint density at radius 1 is 1.07 bits per heavy atom. The van der Waals surface area contributed by atoms with Gasteiger partial charge in [0.25, 0.3) is 0 Å². The van der Waals surface area contributed by atoms with Gasteiger partial charge in [-0.15, -0.1) is 0 Å². The average molecular weight is 444 g/mol. The van der Waals surface area contributed by atoms with Crippen molar-refractivity contribution in [3.05, 3.63) is 53.6 Å². The quantitative estimate of drug-likeness (QED) is 0.715. The number of nitrogens with one attached hydrogen (secondary N) is 2. The van der Waals surface area contributed by atoms with Gasteiger partial charge in [0, 0.05) is 0 Å². The zero-order valence-electron chi connectivity index (χ0n) is 16.0. The molecule has 0 saturated heterocycles. The number of benzene rings is 2. The van der Waals surface area contributed by atoms with Crippen LogP contribution in [0.5, 0.6) is 11.5 Å². The highest BCUT2D eigenvalue weighted by atomic mass is 32.2. The molecule has 3 rings (SSSR count). The molecule has 1 heterocycles. The van der Waals surface area contributed by atoms with Crippen molar-refractivity contribution in [3.8, 4) is 11.5 Å². The van der Waals surface area contributed by atoms with Gasteiger partial charge in [-0.05, 0) is 43.7 Å². The summed E-state index contributed by atoms with van der Waals surface area (Å²) in [4.78, 5) is 11.5. The number of hydrogen-bond donors (Lipinski definition) is 2. The summed E-state index contributed by atoms with van der Waals surface area (Å²) in [5.74, 6) is 0.390. The Morgan fingerprint density at radius 2 is 1.73 bits per heavy atom. The van der Waals surface area contributed by atoms with Gasteiger partial charge in [0.05, 0.1) is 22.5 Å². The summed E-state index contributed by atoms with van der Waals surface area (Å²) in [5, 5.41) is 2.62.